The van der Waals surface area contributed by atoms with Crippen molar-refractivity contribution < 1.29 is 0 Å². The Morgan fingerprint density at radius 3 is 2.44 bits per heavy atom. The summed E-state index contributed by atoms with van der Waals surface area (Å²) in [7, 11) is 3.71. The minimum absolute atomic E-state index is 0.699. The quantitative estimate of drug-likeness (QED) is 0.364. The second kappa shape index (κ2) is 5.78. The molecule has 0 bridgehead atoms. The zero-order valence-corrected chi connectivity index (χ0v) is 6.64. The highest BCUT2D eigenvalue weighted by molar-refractivity contribution is 7.80. The largest absolute Gasteiger partial charge is 0.366 e. The molecule has 0 saturated carbocycles. The third-order valence-electron chi connectivity index (χ3n) is 0.888. The topological polar surface area (TPSA) is 36.1 Å². The van der Waals surface area contributed by atoms with Gasteiger partial charge >= 0.3 is 0 Å². The fourth-order valence-electron chi connectivity index (χ4n) is 0.389. The summed E-state index contributed by atoms with van der Waals surface area (Å²) in [6.45, 7) is 1.80. The molecule has 9 heavy (non-hydrogen) atoms. The molecule has 0 rings (SSSR count). The molecule has 0 fully saturated rings. The van der Waals surface area contributed by atoms with E-state index in [0.717, 1.165) is 13.1 Å². The molecule has 3 N–H and O–H groups in total. The molecule has 4 heteroatoms. The van der Waals surface area contributed by atoms with Crippen LogP contribution in [0.1, 0.15) is 0 Å². The second-order valence-corrected chi connectivity index (χ2v) is 2.02. The monoisotopic (exact) mass is 147 g/mol. The summed E-state index contributed by atoms with van der Waals surface area (Å²) < 4.78 is 0. The molecule has 0 aromatic rings. The number of hydrogen-bond acceptors (Lipinski definition) is 2. The van der Waals surface area contributed by atoms with Crippen LogP contribution in [0.3, 0.4) is 0 Å². The van der Waals surface area contributed by atoms with Crippen LogP contribution in [0.15, 0.2) is 0 Å². The van der Waals surface area contributed by atoms with Gasteiger partial charge in [-0.05, 0) is 19.3 Å². The number of rotatable bonds is 3. The Kier molecular flexibility index (Phi) is 5.56. The highest BCUT2D eigenvalue weighted by Gasteiger charge is 1.85. The van der Waals surface area contributed by atoms with Gasteiger partial charge in [0.05, 0.1) is 0 Å². The summed E-state index contributed by atoms with van der Waals surface area (Å²) in [6.07, 6.45) is 0. The Labute approximate surface area is 61.2 Å². The maximum Gasteiger partial charge on any atom is 0.166 e. The number of nitrogens with one attached hydrogen (secondary N) is 3. The number of thiocarbonyl (C=S) groups is 1. The lowest BCUT2D eigenvalue weighted by molar-refractivity contribution is 0.752. The molecular weight excluding hydrogens is 134 g/mol. The molecule has 0 amide bonds. The molecular formula is C5H13N3S. The maximum atomic E-state index is 4.82. The first-order valence-electron chi connectivity index (χ1n) is 2.91. The second-order valence-electron chi connectivity index (χ2n) is 1.61. The van der Waals surface area contributed by atoms with Crippen molar-refractivity contribution in [1.82, 2.24) is 16.0 Å². The van der Waals surface area contributed by atoms with Gasteiger partial charge in [0.15, 0.2) is 5.11 Å². The first-order chi connectivity index (χ1) is 4.31. The van der Waals surface area contributed by atoms with Crippen molar-refractivity contribution in [2.45, 2.75) is 0 Å². The van der Waals surface area contributed by atoms with Crippen LogP contribution >= 0.6 is 12.2 Å². The first-order valence-corrected chi connectivity index (χ1v) is 3.32. The molecule has 0 atom stereocenters. The van der Waals surface area contributed by atoms with E-state index < -0.39 is 0 Å². The Morgan fingerprint density at radius 1 is 1.33 bits per heavy atom. The highest BCUT2D eigenvalue weighted by atomic mass is 32.1. The lowest BCUT2D eigenvalue weighted by atomic mass is 10.6. The van der Waals surface area contributed by atoms with Crippen LogP contribution in [0.2, 0.25) is 0 Å². The molecule has 0 spiro atoms. The van der Waals surface area contributed by atoms with Crippen molar-refractivity contribution in [3.63, 3.8) is 0 Å². The summed E-state index contributed by atoms with van der Waals surface area (Å²) in [5, 5.41) is 9.50. The third-order valence-corrected chi connectivity index (χ3v) is 1.24. The summed E-state index contributed by atoms with van der Waals surface area (Å²) in [6, 6.07) is 0. The minimum Gasteiger partial charge on any atom is -0.366 e. The molecule has 0 radical (unpaired) electrons. The van der Waals surface area contributed by atoms with Gasteiger partial charge in [0.2, 0.25) is 0 Å². The van der Waals surface area contributed by atoms with Gasteiger partial charge in [0.1, 0.15) is 0 Å². The maximum absolute atomic E-state index is 4.82. The van der Waals surface area contributed by atoms with Crippen LogP contribution in [-0.4, -0.2) is 32.3 Å². The third kappa shape index (κ3) is 5.52. The van der Waals surface area contributed by atoms with Gasteiger partial charge in [-0.3, -0.25) is 0 Å². The average Bonchev–Trinajstić information content (AvgIpc) is 1.89. The Morgan fingerprint density at radius 2 is 2.00 bits per heavy atom. The summed E-state index contributed by atoms with van der Waals surface area (Å²) >= 11 is 4.82. The van der Waals surface area contributed by atoms with E-state index in [-0.39, 0.29) is 0 Å². The summed E-state index contributed by atoms with van der Waals surface area (Å²) in [5.74, 6) is 0. The van der Waals surface area contributed by atoms with E-state index in [1.165, 1.54) is 0 Å². The molecule has 0 heterocycles. The molecule has 0 saturated heterocycles. The van der Waals surface area contributed by atoms with Crippen molar-refractivity contribution in [2.75, 3.05) is 27.2 Å². The predicted molar refractivity (Wildman–Crippen MR) is 43.6 cm³/mol. The van der Waals surface area contributed by atoms with E-state index in [1.54, 1.807) is 7.05 Å². The van der Waals surface area contributed by atoms with E-state index >= 15 is 0 Å². The SMILES string of the molecule is CNCCNC(=S)NC. The van der Waals surface area contributed by atoms with Crippen molar-refractivity contribution in [3.8, 4) is 0 Å². The summed E-state index contributed by atoms with van der Waals surface area (Å²) in [5.41, 5.74) is 0. The predicted octanol–water partition coefficient (Wildman–Crippen LogP) is -0.700. The van der Waals surface area contributed by atoms with E-state index in [0.29, 0.717) is 5.11 Å². The Balaban J connectivity index is 2.97. The zero-order valence-electron chi connectivity index (χ0n) is 5.82. The van der Waals surface area contributed by atoms with Gasteiger partial charge < -0.3 is 16.0 Å². The van der Waals surface area contributed by atoms with Crippen LogP contribution in [0.4, 0.5) is 0 Å². The van der Waals surface area contributed by atoms with Crippen LogP contribution in [0.25, 0.3) is 0 Å². The molecule has 0 aromatic heterocycles. The molecule has 54 valence electrons. The lowest BCUT2D eigenvalue weighted by Gasteiger charge is -2.04. The lowest BCUT2D eigenvalue weighted by Crippen LogP contribution is -2.36. The van der Waals surface area contributed by atoms with Gasteiger partial charge in [-0.25, -0.2) is 0 Å². The van der Waals surface area contributed by atoms with Gasteiger partial charge in [0.25, 0.3) is 0 Å². The van der Waals surface area contributed by atoms with E-state index in [1.807, 2.05) is 7.05 Å². The van der Waals surface area contributed by atoms with Crippen molar-refractivity contribution in [3.05, 3.63) is 0 Å². The molecule has 0 aliphatic heterocycles. The fraction of sp³-hybridized carbons (Fsp3) is 0.800. The first kappa shape index (κ1) is 8.65. The van der Waals surface area contributed by atoms with Crippen molar-refractivity contribution in [2.24, 2.45) is 0 Å². The molecule has 0 aliphatic rings. The van der Waals surface area contributed by atoms with Gasteiger partial charge in [0, 0.05) is 20.1 Å². The van der Waals surface area contributed by atoms with Crippen LogP contribution in [0, 0.1) is 0 Å². The van der Waals surface area contributed by atoms with E-state index in [9.17, 15) is 0 Å². The Bertz CT molecular complexity index is 84.3. The van der Waals surface area contributed by atoms with E-state index in [4.69, 9.17) is 12.2 Å². The van der Waals surface area contributed by atoms with Crippen LogP contribution < -0.4 is 16.0 Å². The summed E-state index contributed by atoms with van der Waals surface area (Å²) in [4.78, 5) is 0. The van der Waals surface area contributed by atoms with Crippen molar-refractivity contribution in [1.29, 1.82) is 0 Å². The molecule has 0 aromatic carbocycles. The fourth-order valence-corrected chi connectivity index (χ4v) is 0.491. The normalized spacial score (nSPS) is 8.67. The average molecular weight is 147 g/mol. The smallest absolute Gasteiger partial charge is 0.166 e. The molecule has 3 nitrogen and oxygen atoms in total. The van der Waals surface area contributed by atoms with Crippen LogP contribution in [0.5, 0.6) is 0 Å². The molecule has 0 unspecified atom stereocenters. The Hall–Kier alpha value is -0.350. The van der Waals surface area contributed by atoms with Gasteiger partial charge in [-0.15, -0.1) is 0 Å². The highest BCUT2D eigenvalue weighted by Crippen LogP contribution is 1.60. The molecule has 0 aliphatic carbocycles. The van der Waals surface area contributed by atoms with Gasteiger partial charge in [-0.2, -0.15) is 0 Å². The van der Waals surface area contributed by atoms with Crippen LogP contribution in [-0.2, 0) is 0 Å². The zero-order chi connectivity index (χ0) is 7.11. The standard InChI is InChI=1S/C5H13N3S/c1-6-3-4-8-5(9)7-2/h6H,3-4H2,1-2H3,(H2,7,8,9). The van der Waals surface area contributed by atoms with Gasteiger partial charge in [-0.1, -0.05) is 0 Å². The van der Waals surface area contributed by atoms with Crippen molar-refractivity contribution >= 4 is 17.3 Å². The minimum atomic E-state index is 0.699. The van der Waals surface area contributed by atoms with E-state index in [2.05, 4.69) is 16.0 Å². The number of likely N-dealkylation sites (N-methyl/N-ethyl adjacent to an activating group) is 1. The number of hydrogen-bond donors (Lipinski definition) is 3.